The van der Waals surface area contributed by atoms with Gasteiger partial charge >= 0.3 is 0 Å². The van der Waals surface area contributed by atoms with Crippen LogP contribution >= 0.6 is 0 Å². The van der Waals surface area contributed by atoms with Crippen molar-refractivity contribution in [3.63, 3.8) is 0 Å². The molecule has 3 rings (SSSR count). The molecule has 0 aliphatic heterocycles. The first-order valence-electron chi connectivity index (χ1n) is 5.34. The van der Waals surface area contributed by atoms with Crippen LogP contribution in [-0.4, -0.2) is 19.4 Å². The third kappa shape index (κ3) is 1.94. The highest BCUT2D eigenvalue weighted by Crippen LogP contribution is 2.11. The van der Waals surface area contributed by atoms with Gasteiger partial charge in [0.25, 0.3) is 0 Å². The zero-order valence-corrected chi connectivity index (χ0v) is 9.11. The second kappa shape index (κ2) is 4.21. The highest BCUT2D eigenvalue weighted by atomic mass is 15.1. The van der Waals surface area contributed by atoms with Crippen LogP contribution in [0.4, 0.5) is 5.82 Å². The molecule has 84 valence electrons. The van der Waals surface area contributed by atoms with Crippen LogP contribution in [0.15, 0.2) is 49.3 Å². The number of hydrogen-bond donors (Lipinski definition) is 1. The second-order valence-corrected chi connectivity index (χ2v) is 3.64. The average molecular weight is 225 g/mol. The first kappa shape index (κ1) is 9.77. The van der Waals surface area contributed by atoms with Gasteiger partial charge < -0.3 is 9.72 Å². The highest BCUT2D eigenvalue weighted by Gasteiger charge is 2.02. The number of pyridine rings is 1. The number of aromatic nitrogens is 4. The lowest BCUT2D eigenvalue weighted by Crippen LogP contribution is -2.03. The lowest BCUT2D eigenvalue weighted by atomic mass is 10.3. The molecule has 3 heterocycles. The first-order valence-corrected chi connectivity index (χ1v) is 5.34. The normalized spacial score (nSPS) is 10.6. The van der Waals surface area contributed by atoms with E-state index in [4.69, 9.17) is 0 Å². The Labute approximate surface area is 98.2 Å². The van der Waals surface area contributed by atoms with E-state index in [9.17, 15) is 0 Å². The third-order valence-electron chi connectivity index (χ3n) is 2.52. The molecule has 0 atom stereocenters. The predicted octanol–water partition coefficient (Wildman–Crippen LogP) is 1.74. The number of fused-ring (bicyclic) bond motifs is 1. The lowest BCUT2D eigenvalue weighted by Gasteiger charge is -2.06. The molecule has 0 saturated carbocycles. The van der Waals surface area contributed by atoms with E-state index in [-0.39, 0.29) is 0 Å². The molecule has 0 bridgehead atoms. The molecule has 17 heavy (non-hydrogen) atoms. The molecule has 5 nitrogen and oxygen atoms in total. The second-order valence-electron chi connectivity index (χ2n) is 3.64. The molecule has 3 aromatic heterocycles. The van der Waals surface area contributed by atoms with Gasteiger partial charge in [0.15, 0.2) is 11.5 Å². The summed E-state index contributed by atoms with van der Waals surface area (Å²) in [7, 11) is 0. The Kier molecular flexibility index (Phi) is 2.42. The van der Waals surface area contributed by atoms with E-state index >= 15 is 0 Å². The molecule has 0 aromatic carbocycles. The fourth-order valence-corrected chi connectivity index (χ4v) is 1.67. The molecule has 0 saturated heterocycles. The number of imidazole rings is 1. The van der Waals surface area contributed by atoms with Crippen molar-refractivity contribution in [2.24, 2.45) is 0 Å². The van der Waals surface area contributed by atoms with Crippen molar-refractivity contribution in [3.05, 3.63) is 54.9 Å². The molecule has 1 N–H and O–H groups in total. The van der Waals surface area contributed by atoms with Crippen molar-refractivity contribution in [2.75, 3.05) is 5.32 Å². The third-order valence-corrected chi connectivity index (χ3v) is 2.52. The van der Waals surface area contributed by atoms with Crippen LogP contribution in [0.1, 0.15) is 5.56 Å². The summed E-state index contributed by atoms with van der Waals surface area (Å²) in [6, 6.07) is 3.94. The molecule has 0 aliphatic carbocycles. The number of anilines is 1. The number of hydrogen-bond acceptors (Lipinski definition) is 4. The van der Waals surface area contributed by atoms with Gasteiger partial charge in [-0.3, -0.25) is 4.98 Å². The van der Waals surface area contributed by atoms with Gasteiger partial charge in [-0.05, 0) is 17.7 Å². The minimum absolute atomic E-state index is 0.710. The Hall–Kier alpha value is -2.43. The Morgan fingerprint density at radius 3 is 2.59 bits per heavy atom. The zero-order valence-electron chi connectivity index (χ0n) is 9.11. The van der Waals surface area contributed by atoms with Crippen LogP contribution in [0, 0.1) is 0 Å². The van der Waals surface area contributed by atoms with E-state index in [0.717, 1.165) is 17.0 Å². The van der Waals surface area contributed by atoms with Crippen LogP contribution in [0.25, 0.3) is 5.65 Å². The standard InChI is InChI=1S/C12H11N5/c1-3-13-4-2-10(1)9-16-11-12-15-6-8-17(12)7-5-14-11/h1-8H,9H2,(H,14,16). The molecule has 0 aliphatic rings. The van der Waals surface area contributed by atoms with E-state index in [0.29, 0.717) is 6.54 Å². The van der Waals surface area contributed by atoms with E-state index in [1.54, 1.807) is 24.8 Å². The van der Waals surface area contributed by atoms with Gasteiger partial charge in [-0.15, -0.1) is 0 Å². The molecule has 0 unspecified atom stereocenters. The highest BCUT2D eigenvalue weighted by molar-refractivity contribution is 5.62. The van der Waals surface area contributed by atoms with Crippen LogP contribution in [0.3, 0.4) is 0 Å². The van der Waals surface area contributed by atoms with E-state index < -0.39 is 0 Å². The summed E-state index contributed by atoms with van der Waals surface area (Å²) in [6.45, 7) is 0.710. The van der Waals surface area contributed by atoms with Crippen LogP contribution in [-0.2, 0) is 6.54 Å². The lowest BCUT2D eigenvalue weighted by molar-refractivity contribution is 1.06. The molecule has 3 aromatic rings. The summed E-state index contributed by atoms with van der Waals surface area (Å²) < 4.78 is 1.93. The fourth-order valence-electron chi connectivity index (χ4n) is 1.67. The molecular formula is C12H11N5. The first-order chi connectivity index (χ1) is 8.43. The molecule has 0 fully saturated rings. The minimum atomic E-state index is 0.710. The summed E-state index contributed by atoms with van der Waals surface area (Å²) in [4.78, 5) is 12.5. The molecule has 0 radical (unpaired) electrons. The number of rotatable bonds is 3. The molecule has 5 heteroatoms. The van der Waals surface area contributed by atoms with Crippen LogP contribution < -0.4 is 5.32 Å². The van der Waals surface area contributed by atoms with Gasteiger partial charge in [0.05, 0.1) is 0 Å². The molecule has 0 spiro atoms. The van der Waals surface area contributed by atoms with E-state index in [2.05, 4.69) is 20.3 Å². The van der Waals surface area contributed by atoms with Gasteiger partial charge in [0.1, 0.15) is 0 Å². The largest absolute Gasteiger partial charge is 0.363 e. The van der Waals surface area contributed by atoms with E-state index in [1.165, 1.54) is 0 Å². The summed E-state index contributed by atoms with van der Waals surface area (Å²) in [5.74, 6) is 0.786. The smallest absolute Gasteiger partial charge is 0.180 e. The number of nitrogens with zero attached hydrogens (tertiary/aromatic N) is 4. The fraction of sp³-hybridized carbons (Fsp3) is 0.0833. The maximum absolute atomic E-state index is 4.28. The average Bonchev–Trinajstić information content (AvgIpc) is 2.86. The van der Waals surface area contributed by atoms with Crippen molar-refractivity contribution in [2.45, 2.75) is 6.54 Å². The Bertz CT molecular complexity index is 617. The Morgan fingerprint density at radius 2 is 1.76 bits per heavy atom. The van der Waals surface area contributed by atoms with Crippen LogP contribution in [0.2, 0.25) is 0 Å². The van der Waals surface area contributed by atoms with Gasteiger partial charge in [0, 0.05) is 43.7 Å². The zero-order chi connectivity index (χ0) is 11.5. The van der Waals surface area contributed by atoms with Gasteiger partial charge in [-0.25, -0.2) is 9.97 Å². The number of nitrogens with one attached hydrogen (secondary N) is 1. The Morgan fingerprint density at radius 1 is 1.00 bits per heavy atom. The predicted molar refractivity (Wildman–Crippen MR) is 64.6 cm³/mol. The maximum atomic E-state index is 4.28. The van der Waals surface area contributed by atoms with E-state index in [1.807, 2.05) is 28.9 Å². The summed E-state index contributed by atoms with van der Waals surface area (Å²) in [5.41, 5.74) is 2.00. The molecular weight excluding hydrogens is 214 g/mol. The van der Waals surface area contributed by atoms with Crippen molar-refractivity contribution >= 4 is 11.5 Å². The Balaban J connectivity index is 1.84. The maximum Gasteiger partial charge on any atom is 0.180 e. The molecule has 0 amide bonds. The van der Waals surface area contributed by atoms with Crippen molar-refractivity contribution < 1.29 is 0 Å². The van der Waals surface area contributed by atoms with Crippen molar-refractivity contribution in [3.8, 4) is 0 Å². The minimum Gasteiger partial charge on any atom is -0.363 e. The summed E-state index contributed by atoms with van der Waals surface area (Å²) >= 11 is 0. The SMILES string of the molecule is c1cc(CNc2nccn3ccnc23)ccn1. The van der Waals surface area contributed by atoms with Crippen LogP contribution in [0.5, 0.6) is 0 Å². The summed E-state index contributed by atoms with van der Waals surface area (Å²) in [6.07, 6.45) is 10.8. The van der Waals surface area contributed by atoms with Crippen molar-refractivity contribution in [1.29, 1.82) is 0 Å². The topological polar surface area (TPSA) is 55.1 Å². The van der Waals surface area contributed by atoms with Gasteiger partial charge in [0.2, 0.25) is 0 Å². The quantitative estimate of drug-likeness (QED) is 0.737. The summed E-state index contributed by atoms with van der Waals surface area (Å²) in [5, 5.41) is 3.27. The van der Waals surface area contributed by atoms with Gasteiger partial charge in [-0.2, -0.15) is 0 Å². The van der Waals surface area contributed by atoms with Gasteiger partial charge in [-0.1, -0.05) is 0 Å². The van der Waals surface area contributed by atoms with Crippen molar-refractivity contribution in [1.82, 2.24) is 19.4 Å². The monoisotopic (exact) mass is 225 g/mol.